The van der Waals surface area contributed by atoms with E-state index in [1.807, 2.05) is 6.07 Å². The van der Waals surface area contributed by atoms with E-state index in [4.69, 9.17) is 5.73 Å². The second kappa shape index (κ2) is 7.46. The fraction of sp³-hybridized carbons (Fsp3) is 0.273. The Labute approximate surface area is 116 Å². The molecule has 1 rings (SSSR count). The van der Waals surface area contributed by atoms with Crippen molar-refractivity contribution in [3.05, 3.63) is 35.9 Å². The van der Waals surface area contributed by atoms with Gasteiger partial charge in [0.1, 0.15) is 5.75 Å². The van der Waals surface area contributed by atoms with Crippen LogP contribution in [0.15, 0.2) is 35.5 Å². The zero-order valence-electron chi connectivity index (χ0n) is 10.8. The zero-order chi connectivity index (χ0) is 15.0. The van der Waals surface area contributed by atoms with Gasteiger partial charge in [-0.1, -0.05) is 35.5 Å². The average molecular weight is 301 g/mol. The number of benzene rings is 1. The Kier molecular flexibility index (Phi) is 5.94. The molecule has 0 unspecified atom stereocenters. The van der Waals surface area contributed by atoms with Gasteiger partial charge in [-0.25, -0.2) is 17.9 Å². The number of carbonyl (C=O) groups excluding carboxylic acids is 1. The number of methoxy groups -OCH3 is 1. The summed E-state index contributed by atoms with van der Waals surface area (Å²) in [6.45, 7) is 0.133. The Balaban J connectivity index is 2.51. The minimum absolute atomic E-state index is 0.133. The summed E-state index contributed by atoms with van der Waals surface area (Å²) in [6, 6.07) is 8.97. The molecule has 0 aliphatic heterocycles. The summed E-state index contributed by atoms with van der Waals surface area (Å²) in [4.78, 5) is 14.8. The van der Waals surface area contributed by atoms with Crippen LogP contribution in [0.25, 0.3) is 0 Å². The number of hydrogen-bond acceptors (Lipinski definition) is 6. The lowest BCUT2D eigenvalue weighted by Gasteiger charge is -2.06. The summed E-state index contributed by atoms with van der Waals surface area (Å²) in [6.07, 6.45) is -1.08. The predicted octanol–water partition coefficient (Wildman–Crippen LogP) is 0.161. The van der Waals surface area contributed by atoms with E-state index in [2.05, 4.69) is 19.5 Å². The van der Waals surface area contributed by atoms with Gasteiger partial charge in [0.05, 0.1) is 7.11 Å². The summed E-state index contributed by atoms with van der Waals surface area (Å²) in [7, 11) is -2.58. The van der Waals surface area contributed by atoms with E-state index < -0.39 is 21.9 Å². The molecule has 0 amide bonds. The van der Waals surface area contributed by atoms with Crippen LogP contribution in [0.4, 0.5) is 4.79 Å². The van der Waals surface area contributed by atoms with E-state index in [0.29, 0.717) is 0 Å². The summed E-state index contributed by atoms with van der Waals surface area (Å²) in [5.74, 6) is -0.951. The predicted molar refractivity (Wildman–Crippen MR) is 72.2 cm³/mol. The quantitative estimate of drug-likeness (QED) is 0.254. The molecule has 3 N–H and O–H groups in total. The van der Waals surface area contributed by atoms with Crippen LogP contribution in [-0.2, 0) is 26.1 Å². The molecule has 0 fully saturated rings. The van der Waals surface area contributed by atoms with Crippen LogP contribution in [0.1, 0.15) is 5.56 Å². The molecule has 0 saturated heterocycles. The summed E-state index contributed by atoms with van der Waals surface area (Å²) in [5, 5.41) is 3.14. The summed E-state index contributed by atoms with van der Waals surface area (Å²) >= 11 is 0. The fourth-order valence-electron chi connectivity index (χ4n) is 1.19. The Bertz CT molecular complexity index is 571. The molecular formula is C11H15N3O5S. The van der Waals surface area contributed by atoms with E-state index in [0.717, 1.165) is 12.7 Å². The monoisotopic (exact) mass is 301 g/mol. The highest BCUT2D eigenvalue weighted by Crippen LogP contribution is 1.98. The van der Waals surface area contributed by atoms with Crippen LogP contribution in [0.2, 0.25) is 0 Å². The molecule has 20 heavy (non-hydrogen) atoms. The lowest BCUT2D eigenvalue weighted by atomic mass is 10.2. The third-order valence-electron chi connectivity index (χ3n) is 2.08. The second-order valence-corrected chi connectivity index (χ2v) is 5.50. The molecule has 1 aromatic carbocycles. The van der Waals surface area contributed by atoms with Gasteiger partial charge < -0.3 is 10.5 Å². The number of nitrogens with two attached hydrogens (primary N) is 1. The van der Waals surface area contributed by atoms with Crippen molar-refractivity contribution < 1.29 is 22.8 Å². The van der Waals surface area contributed by atoms with Crippen molar-refractivity contribution in [2.75, 3.05) is 12.9 Å². The van der Waals surface area contributed by atoms with E-state index in [1.165, 1.54) is 0 Å². The van der Waals surface area contributed by atoms with E-state index in [-0.39, 0.29) is 12.4 Å². The number of amidine groups is 1. The Morgan fingerprint density at radius 3 is 2.60 bits per heavy atom. The van der Waals surface area contributed by atoms with Gasteiger partial charge >= 0.3 is 6.16 Å². The Hall–Kier alpha value is -2.13. The molecule has 0 bridgehead atoms. The maximum absolute atomic E-state index is 11.7. The first-order chi connectivity index (χ1) is 9.43. The first kappa shape index (κ1) is 15.9. The van der Waals surface area contributed by atoms with Crippen LogP contribution >= 0.6 is 0 Å². The highest BCUT2D eigenvalue weighted by Gasteiger charge is 2.13. The van der Waals surface area contributed by atoms with Crippen molar-refractivity contribution in [1.82, 2.24) is 4.72 Å². The number of carbonyl (C=O) groups is 1. The van der Waals surface area contributed by atoms with Crippen LogP contribution in [0.5, 0.6) is 0 Å². The third-order valence-corrected chi connectivity index (χ3v) is 3.34. The number of ether oxygens (including phenoxy) is 1. The standard InChI is InChI=1S/C11H15N3O5S/c1-18-11(15)19-14-10(12)8-20(16,17)13-7-9-5-3-2-4-6-9/h2-6,13H,7-8H2,1H3,(H2,12,14). The topological polar surface area (TPSA) is 120 Å². The van der Waals surface area contributed by atoms with Gasteiger partial charge in [-0.2, -0.15) is 0 Å². The van der Waals surface area contributed by atoms with Gasteiger partial charge in [0.15, 0.2) is 5.84 Å². The smallest absolute Gasteiger partial charge is 0.436 e. The Morgan fingerprint density at radius 2 is 2.00 bits per heavy atom. The van der Waals surface area contributed by atoms with Crippen molar-refractivity contribution >= 4 is 22.0 Å². The number of nitrogens with zero attached hydrogens (tertiary/aromatic N) is 1. The fourth-order valence-corrected chi connectivity index (χ4v) is 2.13. The highest BCUT2D eigenvalue weighted by molar-refractivity contribution is 7.90. The number of rotatable bonds is 6. The molecule has 0 radical (unpaired) electrons. The number of hydrogen-bond donors (Lipinski definition) is 2. The maximum atomic E-state index is 11.7. The molecule has 110 valence electrons. The lowest BCUT2D eigenvalue weighted by Crippen LogP contribution is -2.33. The molecule has 1 aromatic rings. The molecule has 0 atom stereocenters. The van der Waals surface area contributed by atoms with Gasteiger partial charge in [-0.05, 0) is 5.56 Å². The number of oxime groups is 1. The molecule has 0 saturated carbocycles. The summed E-state index contributed by atoms with van der Waals surface area (Å²) < 4.78 is 29.9. The summed E-state index contributed by atoms with van der Waals surface area (Å²) in [5.41, 5.74) is 6.13. The molecular weight excluding hydrogens is 286 g/mol. The molecule has 0 spiro atoms. The molecule has 8 nitrogen and oxygen atoms in total. The average Bonchev–Trinajstić information content (AvgIpc) is 2.43. The Morgan fingerprint density at radius 1 is 1.35 bits per heavy atom. The maximum Gasteiger partial charge on any atom is 0.534 e. The van der Waals surface area contributed by atoms with Crippen molar-refractivity contribution in [2.24, 2.45) is 10.9 Å². The minimum Gasteiger partial charge on any atom is -0.436 e. The van der Waals surface area contributed by atoms with Crippen molar-refractivity contribution in [1.29, 1.82) is 0 Å². The van der Waals surface area contributed by atoms with Crippen LogP contribution in [-0.4, -0.2) is 33.3 Å². The zero-order valence-corrected chi connectivity index (χ0v) is 11.6. The SMILES string of the molecule is COC(=O)ON=C(N)CS(=O)(=O)NCc1ccccc1. The minimum atomic E-state index is -3.67. The van der Waals surface area contributed by atoms with Crippen molar-refractivity contribution in [3.63, 3.8) is 0 Å². The molecule has 0 aliphatic rings. The first-order valence-electron chi connectivity index (χ1n) is 5.51. The van der Waals surface area contributed by atoms with Crippen LogP contribution < -0.4 is 10.5 Å². The lowest BCUT2D eigenvalue weighted by molar-refractivity contribution is 0.0752. The van der Waals surface area contributed by atoms with Crippen molar-refractivity contribution in [2.45, 2.75) is 6.54 Å². The molecule has 0 aromatic heterocycles. The molecule has 9 heteroatoms. The molecule has 0 aliphatic carbocycles. The van der Waals surface area contributed by atoms with Crippen molar-refractivity contribution in [3.8, 4) is 0 Å². The van der Waals surface area contributed by atoms with Gasteiger partial charge in [-0.15, -0.1) is 0 Å². The number of nitrogens with one attached hydrogen (secondary N) is 1. The highest BCUT2D eigenvalue weighted by atomic mass is 32.2. The van der Waals surface area contributed by atoms with Gasteiger partial charge in [0, 0.05) is 6.54 Å². The molecule has 0 heterocycles. The second-order valence-electron chi connectivity index (χ2n) is 3.69. The first-order valence-corrected chi connectivity index (χ1v) is 7.17. The number of sulfonamides is 1. The van der Waals surface area contributed by atoms with Crippen LogP contribution in [0, 0.1) is 0 Å². The van der Waals surface area contributed by atoms with Gasteiger partial charge in [-0.3, -0.25) is 4.84 Å². The van der Waals surface area contributed by atoms with Gasteiger partial charge in [0.25, 0.3) is 0 Å². The largest absolute Gasteiger partial charge is 0.534 e. The van der Waals surface area contributed by atoms with Crippen LogP contribution in [0.3, 0.4) is 0 Å². The van der Waals surface area contributed by atoms with E-state index in [1.54, 1.807) is 24.3 Å². The van der Waals surface area contributed by atoms with Gasteiger partial charge in [0.2, 0.25) is 10.0 Å². The van der Waals surface area contributed by atoms with E-state index in [9.17, 15) is 13.2 Å². The third kappa shape index (κ3) is 6.16. The van der Waals surface area contributed by atoms with E-state index >= 15 is 0 Å². The normalized spacial score (nSPS) is 11.9.